The Bertz CT molecular complexity index is 370. The topological polar surface area (TPSA) is 43.7 Å². The van der Waals surface area contributed by atoms with Gasteiger partial charge in [0.2, 0.25) is 0 Å². The first-order valence-electron chi connectivity index (χ1n) is 5.21. The van der Waals surface area contributed by atoms with Crippen LogP contribution in [-0.2, 0) is 12.1 Å². The van der Waals surface area contributed by atoms with Gasteiger partial charge in [-0.1, -0.05) is 6.07 Å². The van der Waals surface area contributed by atoms with Crippen LogP contribution < -0.4 is 0 Å². The molecule has 1 aromatic rings. The lowest BCUT2D eigenvalue weighted by Gasteiger charge is -2.14. The molecule has 1 fully saturated rings. The minimum Gasteiger partial charge on any atom is -0.508 e. The van der Waals surface area contributed by atoms with Gasteiger partial charge in [-0.2, -0.15) is 0 Å². The summed E-state index contributed by atoms with van der Waals surface area (Å²) in [5.41, 5.74) is 1.18. The van der Waals surface area contributed by atoms with E-state index in [-0.39, 0.29) is 0 Å². The third-order valence-corrected chi connectivity index (χ3v) is 2.83. The van der Waals surface area contributed by atoms with Crippen LogP contribution in [0, 0.1) is 0 Å². The Labute approximate surface area is 90.0 Å². The molecule has 0 heterocycles. The van der Waals surface area contributed by atoms with Crippen molar-refractivity contribution in [3.05, 3.63) is 29.3 Å². The molecule has 15 heavy (non-hydrogen) atoms. The predicted molar refractivity (Wildman–Crippen MR) is 58.6 cm³/mol. The fourth-order valence-electron chi connectivity index (χ4n) is 1.75. The first kappa shape index (κ1) is 10.5. The summed E-state index contributed by atoms with van der Waals surface area (Å²) >= 11 is 0. The number of nitrogens with zero attached hydrogens (tertiary/aromatic N) is 1. The molecule has 1 aromatic carbocycles. The SMILES string of the molecule is CN(C)Cc1cc(C2(O)CC2)ccc1O. The summed E-state index contributed by atoms with van der Waals surface area (Å²) in [4.78, 5) is 2.00. The third kappa shape index (κ3) is 2.13. The zero-order chi connectivity index (χ0) is 11.1. The quantitative estimate of drug-likeness (QED) is 0.788. The highest BCUT2D eigenvalue weighted by molar-refractivity contribution is 5.40. The van der Waals surface area contributed by atoms with Gasteiger partial charge >= 0.3 is 0 Å². The van der Waals surface area contributed by atoms with Crippen LogP contribution in [0.5, 0.6) is 5.75 Å². The lowest BCUT2D eigenvalue weighted by molar-refractivity contribution is 0.151. The second-order valence-electron chi connectivity index (χ2n) is 4.61. The number of hydrogen-bond acceptors (Lipinski definition) is 3. The molecule has 2 N–H and O–H groups in total. The Morgan fingerprint density at radius 1 is 1.33 bits per heavy atom. The highest BCUT2D eigenvalue weighted by atomic mass is 16.3. The first-order chi connectivity index (χ1) is 7.01. The number of rotatable bonds is 3. The summed E-state index contributed by atoms with van der Waals surface area (Å²) in [6.07, 6.45) is 1.67. The number of phenolic OH excluding ortho intramolecular Hbond substituents is 1. The van der Waals surface area contributed by atoms with Crippen molar-refractivity contribution in [2.75, 3.05) is 14.1 Å². The standard InChI is InChI=1S/C12H17NO2/c1-13(2)8-9-7-10(3-4-11(9)14)12(15)5-6-12/h3-4,7,14-15H,5-6,8H2,1-2H3. The van der Waals surface area contributed by atoms with E-state index in [2.05, 4.69) is 0 Å². The molecule has 3 heteroatoms. The predicted octanol–water partition coefficient (Wildman–Crippen LogP) is 1.44. The van der Waals surface area contributed by atoms with E-state index in [4.69, 9.17) is 0 Å². The van der Waals surface area contributed by atoms with E-state index < -0.39 is 5.60 Å². The van der Waals surface area contributed by atoms with Gasteiger partial charge in [-0.3, -0.25) is 0 Å². The van der Waals surface area contributed by atoms with Crippen LogP contribution in [0.4, 0.5) is 0 Å². The minimum atomic E-state index is -0.616. The Kier molecular flexibility index (Phi) is 2.44. The van der Waals surface area contributed by atoms with E-state index >= 15 is 0 Å². The first-order valence-corrected chi connectivity index (χ1v) is 5.21. The molecule has 0 aliphatic heterocycles. The Morgan fingerprint density at radius 3 is 2.53 bits per heavy atom. The van der Waals surface area contributed by atoms with E-state index in [1.54, 1.807) is 6.07 Å². The average Bonchev–Trinajstić information content (AvgIpc) is 2.88. The van der Waals surface area contributed by atoms with Crippen LogP contribution in [-0.4, -0.2) is 29.2 Å². The lowest BCUT2D eigenvalue weighted by atomic mass is 10.0. The van der Waals surface area contributed by atoms with Gasteiger partial charge < -0.3 is 15.1 Å². The van der Waals surface area contributed by atoms with Gasteiger partial charge in [-0.05, 0) is 44.6 Å². The molecule has 0 bridgehead atoms. The maximum Gasteiger partial charge on any atom is 0.120 e. The summed E-state index contributed by atoms with van der Waals surface area (Å²) in [6.45, 7) is 0.690. The molecule has 0 spiro atoms. The second kappa shape index (κ2) is 3.51. The smallest absolute Gasteiger partial charge is 0.120 e. The van der Waals surface area contributed by atoms with Crippen molar-refractivity contribution >= 4 is 0 Å². The summed E-state index contributed by atoms with van der Waals surface area (Å²) in [7, 11) is 3.91. The van der Waals surface area contributed by atoms with Crippen LogP contribution in [0.25, 0.3) is 0 Å². The van der Waals surface area contributed by atoms with E-state index in [9.17, 15) is 10.2 Å². The molecule has 0 aromatic heterocycles. The number of aromatic hydroxyl groups is 1. The van der Waals surface area contributed by atoms with Gasteiger partial charge in [-0.15, -0.1) is 0 Å². The maximum atomic E-state index is 9.95. The van der Waals surface area contributed by atoms with Crippen molar-refractivity contribution in [3.8, 4) is 5.75 Å². The molecule has 1 aliphatic carbocycles. The van der Waals surface area contributed by atoms with E-state index in [1.807, 2.05) is 31.1 Å². The Balaban J connectivity index is 2.28. The van der Waals surface area contributed by atoms with Crippen molar-refractivity contribution in [1.82, 2.24) is 4.90 Å². The van der Waals surface area contributed by atoms with Crippen LogP contribution in [0.2, 0.25) is 0 Å². The van der Waals surface area contributed by atoms with Crippen LogP contribution in [0.15, 0.2) is 18.2 Å². The van der Waals surface area contributed by atoms with E-state index in [1.165, 1.54) is 0 Å². The van der Waals surface area contributed by atoms with Gasteiger partial charge in [0.25, 0.3) is 0 Å². The van der Waals surface area contributed by atoms with Crippen molar-refractivity contribution in [2.24, 2.45) is 0 Å². The summed E-state index contributed by atoms with van der Waals surface area (Å²) in [6, 6.07) is 5.38. The van der Waals surface area contributed by atoms with Crippen molar-refractivity contribution in [3.63, 3.8) is 0 Å². The highest BCUT2D eigenvalue weighted by Gasteiger charge is 2.42. The third-order valence-electron chi connectivity index (χ3n) is 2.83. The summed E-state index contributed by atoms with van der Waals surface area (Å²) in [5, 5.41) is 19.6. The molecule has 0 amide bonds. The summed E-state index contributed by atoms with van der Waals surface area (Å²) in [5.74, 6) is 0.303. The molecule has 1 aliphatic rings. The fourth-order valence-corrected chi connectivity index (χ4v) is 1.75. The molecule has 3 nitrogen and oxygen atoms in total. The lowest BCUT2D eigenvalue weighted by Crippen LogP contribution is -2.12. The van der Waals surface area contributed by atoms with Crippen LogP contribution in [0.3, 0.4) is 0 Å². The van der Waals surface area contributed by atoms with Crippen LogP contribution >= 0.6 is 0 Å². The maximum absolute atomic E-state index is 9.95. The van der Waals surface area contributed by atoms with Crippen molar-refractivity contribution in [1.29, 1.82) is 0 Å². The normalized spacial score (nSPS) is 18.1. The van der Waals surface area contributed by atoms with Gasteiger partial charge in [-0.25, -0.2) is 0 Å². The fraction of sp³-hybridized carbons (Fsp3) is 0.500. The number of hydrogen-bond donors (Lipinski definition) is 2. The second-order valence-corrected chi connectivity index (χ2v) is 4.61. The molecule has 0 unspecified atom stereocenters. The molecule has 0 radical (unpaired) electrons. The Hall–Kier alpha value is -1.06. The van der Waals surface area contributed by atoms with E-state index in [0.29, 0.717) is 12.3 Å². The average molecular weight is 207 g/mol. The monoisotopic (exact) mass is 207 g/mol. The number of phenols is 1. The number of benzene rings is 1. The van der Waals surface area contributed by atoms with E-state index in [0.717, 1.165) is 24.0 Å². The molecule has 0 saturated heterocycles. The van der Waals surface area contributed by atoms with Gasteiger partial charge in [0, 0.05) is 12.1 Å². The minimum absolute atomic E-state index is 0.303. The van der Waals surface area contributed by atoms with Gasteiger partial charge in [0.05, 0.1) is 5.60 Å². The molecule has 2 rings (SSSR count). The molecular weight excluding hydrogens is 190 g/mol. The largest absolute Gasteiger partial charge is 0.508 e. The highest BCUT2D eigenvalue weighted by Crippen LogP contribution is 2.46. The Morgan fingerprint density at radius 2 is 2.00 bits per heavy atom. The molecule has 1 saturated carbocycles. The summed E-state index contributed by atoms with van der Waals surface area (Å²) < 4.78 is 0. The van der Waals surface area contributed by atoms with Crippen LogP contribution in [0.1, 0.15) is 24.0 Å². The molecular formula is C12H17NO2. The molecule has 82 valence electrons. The van der Waals surface area contributed by atoms with Gasteiger partial charge in [0.15, 0.2) is 0 Å². The zero-order valence-electron chi connectivity index (χ0n) is 9.20. The molecule has 0 atom stereocenters. The van der Waals surface area contributed by atoms with Crippen molar-refractivity contribution < 1.29 is 10.2 Å². The zero-order valence-corrected chi connectivity index (χ0v) is 9.20. The van der Waals surface area contributed by atoms with Gasteiger partial charge in [0.1, 0.15) is 5.75 Å². The van der Waals surface area contributed by atoms with Crippen molar-refractivity contribution in [2.45, 2.75) is 25.0 Å². The number of aliphatic hydroxyl groups is 1.